The van der Waals surface area contributed by atoms with Crippen molar-refractivity contribution < 1.29 is 9.90 Å². The molecule has 1 N–H and O–H groups in total. The summed E-state index contributed by atoms with van der Waals surface area (Å²) >= 11 is 10.5. The van der Waals surface area contributed by atoms with Crippen LogP contribution in [0.4, 0.5) is 0 Å². The van der Waals surface area contributed by atoms with E-state index in [2.05, 4.69) is 25.9 Å². The molecule has 92 valence electrons. The van der Waals surface area contributed by atoms with Gasteiger partial charge in [0.2, 0.25) is 0 Å². The number of carboxylic acids is 1. The first-order chi connectivity index (χ1) is 8.56. The fourth-order valence-electron chi connectivity index (χ4n) is 1.17. The molecule has 0 radical (unpaired) electrons. The Labute approximate surface area is 121 Å². The lowest BCUT2D eigenvalue weighted by Crippen LogP contribution is -1.96. The Balaban J connectivity index is 2.28. The fraction of sp³-hybridized carbons (Fsp3) is 0. The van der Waals surface area contributed by atoms with Crippen molar-refractivity contribution in [3.8, 4) is 0 Å². The van der Waals surface area contributed by atoms with Crippen molar-refractivity contribution in [1.82, 2.24) is 9.97 Å². The summed E-state index contributed by atoms with van der Waals surface area (Å²) in [6.07, 6.45) is 3.06. The Bertz CT molecular complexity index is 609. The molecule has 7 heteroatoms. The van der Waals surface area contributed by atoms with E-state index in [0.717, 1.165) is 4.47 Å². The van der Waals surface area contributed by atoms with Crippen LogP contribution in [0.5, 0.6) is 0 Å². The lowest BCUT2D eigenvalue weighted by molar-refractivity contribution is 0.0696. The first-order valence-electron chi connectivity index (χ1n) is 4.74. The van der Waals surface area contributed by atoms with Crippen LogP contribution in [-0.2, 0) is 0 Å². The molecule has 0 saturated carbocycles. The Morgan fingerprint density at radius 2 is 2.17 bits per heavy atom. The van der Waals surface area contributed by atoms with E-state index < -0.39 is 5.97 Å². The summed E-state index contributed by atoms with van der Waals surface area (Å²) in [4.78, 5) is 19.0. The largest absolute Gasteiger partial charge is 0.478 e. The van der Waals surface area contributed by atoms with Crippen molar-refractivity contribution in [3.05, 3.63) is 45.7 Å². The van der Waals surface area contributed by atoms with Crippen LogP contribution in [0.1, 0.15) is 10.4 Å². The Hall–Kier alpha value is -1.11. The van der Waals surface area contributed by atoms with Gasteiger partial charge in [0.1, 0.15) is 10.1 Å². The molecule has 2 rings (SSSR count). The maximum atomic E-state index is 10.8. The van der Waals surface area contributed by atoms with Gasteiger partial charge in [-0.2, -0.15) is 0 Å². The smallest absolute Gasteiger partial charge is 0.335 e. The van der Waals surface area contributed by atoms with Crippen molar-refractivity contribution in [2.75, 3.05) is 0 Å². The molecule has 0 saturated heterocycles. The maximum absolute atomic E-state index is 10.8. The minimum Gasteiger partial charge on any atom is -0.478 e. The van der Waals surface area contributed by atoms with Gasteiger partial charge in [-0.25, -0.2) is 14.8 Å². The predicted molar refractivity (Wildman–Crippen MR) is 72.3 cm³/mol. The summed E-state index contributed by atoms with van der Waals surface area (Å²) in [5.41, 5.74) is 0.181. The van der Waals surface area contributed by atoms with Crippen LogP contribution in [0.2, 0.25) is 5.02 Å². The first-order valence-corrected chi connectivity index (χ1v) is 6.73. The number of aromatic carboxylic acids is 1. The molecule has 18 heavy (non-hydrogen) atoms. The summed E-state index contributed by atoms with van der Waals surface area (Å²) < 4.78 is 0.782. The summed E-state index contributed by atoms with van der Waals surface area (Å²) in [5, 5.41) is 10.5. The fourth-order valence-corrected chi connectivity index (χ4v) is 2.68. The highest BCUT2D eigenvalue weighted by atomic mass is 79.9. The molecule has 0 aliphatic heterocycles. The van der Waals surface area contributed by atoms with Gasteiger partial charge in [-0.15, -0.1) is 0 Å². The molecule has 0 bridgehead atoms. The Morgan fingerprint density at radius 3 is 2.83 bits per heavy atom. The summed E-state index contributed by atoms with van der Waals surface area (Å²) in [6, 6.07) is 4.63. The molecule has 0 amide bonds. The molecular weight excluding hydrogens is 340 g/mol. The maximum Gasteiger partial charge on any atom is 0.335 e. The second-order valence-electron chi connectivity index (χ2n) is 3.23. The highest BCUT2D eigenvalue weighted by molar-refractivity contribution is 9.10. The van der Waals surface area contributed by atoms with Crippen LogP contribution in [0, 0.1) is 0 Å². The molecule has 2 aromatic rings. The number of aromatic nitrogens is 2. The van der Waals surface area contributed by atoms with Gasteiger partial charge >= 0.3 is 5.97 Å². The number of nitrogens with zero attached hydrogens (tertiary/aromatic N) is 2. The Kier molecular flexibility index (Phi) is 4.21. The molecule has 0 spiro atoms. The molecule has 0 atom stereocenters. The third kappa shape index (κ3) is 3.22. The van der Waals surface area contributed by atoms with Gasteiger partial charge in [0.15, 0.2) is 0 Å². The third-order valence-electron chi connectivity index (χ3n) is 1.96. The van der Waals surface area contributed by atoms with Crippen LogP contribution in [0.3, 0.4) is 0 Å². The van der Waals surface area contributed by atoms with E-state index in [9.17, 15) is 4.79 Å². The number of hydrogen-bond donors (Lipinski definition) is 1. The molecule has 2 aromatic heterocycles. The quantitative estimate of drug-likeness (QED) is 0.918. The normalized spacial score (nSPS) is 10.3. The molecule has 0 unspecified atom stereocenters. The van der Waals surface area contributed by atoms with Crippen molar-refractivity contribution in [3.63, 3.8) is 0 Å². The number of carboxylic acid groups (broad SMARTS) is 1. The van der Waals surface area contributed by atoms with Gasteiger partial charge in [-0.1, -0.05) is 11.6 Å². The van der Waals surface area contributed by atoms with E-state index in [-0.39, 0.29) is 5.56 Å². The summed E-state index contributed by atoms with van der Waals surface area (Å²) in [7, 11) is 0. The van der Waals surface area contributed by atoms with Crippen LogP contribution in [0.15, 0.2) is 45.1 Å². The number of carbonyl (C=O) groups is 1. The lowest BCUT2D eigenvalue weighted by Gasteiger charge is -2.03. The Morgan fingerprint density at radius 1 is 1.39 bits per heavy atom. The third-order valence-corrected chi connectivity index (χ3v) is 3.74. The first kappa shape index (κ1) is 13.3. The number of rotatable bonds is 3. The molecule has 4 nitrogen and oxygen atoms in total. The zero-order valence-corrected chi connectivity index (χ0v) is 12.0. The number of halogens is 2. The number of pyridine rings is 2. The van der Waals surface area contributed by atoms with E-state index in [1.165, 1.54) is 30.1 Å². The topological polar surface area (TPSA) is 63.1 Å². The van der Waals surface area contributed by atoms with Gasteiger partial charge in [-0.3, -0.25) is 0 Å². The standard InChI is InChI=1S/C11H6BrClN2O2S/c12-7-4-8(13)10(15-5-7)18-9-3-6(11(16)17)1-2-14-9/h1-5H,(H,16,17). The van der Waals surface area contributed by atoms with Crippen molar-refractivity contribution >= 4 is 45.3 Å². The minimum absolute atomic E-state index is 0.181. The monoisotopic (exact) mass is 344 g/mol. The second-order valence-corrected chi connectivity index (χ2v) is 5.56. The molecule has 2 heterocycles. The van der Waals surface area contributed by atoms with E-state index >= 15 is 0 Å². The predicted octanol–water partition coefficient (Wildman–Crippen LogP) is 3.74. The van der Waals surface area contributed by atoms with Crippen molar-refractivity contribution in [2.24, 2.45) is 0 Å². The van der Waals surface area contributed by atoms with Crippen LogP contribution < -0.4 is 0 Å². The average Bonchev–Trinajstić information content (AvgIpc) is 2.33. The van der Waals surface area contributed by atoms with Crippen LogP contribution in [0.25, 0.3) is 0 Å². The zero-order valence-electron chi connectivity index (χ0n) is 8.80. The number of hydrogen-bond acceptors (Lipinski definition) is 4. The summed E-state index contributed by atoms with van der Waals surface area (Å²) in [5.74, 6) is -0.992. The van der Waals surface area contributed by atoms with Gasteiger partial charge < -0.3 is 5.11 Å². The van der Waals surface area contributed by atoms with Crippen molar-refractivity contribution in [1.29, 1.82) is 0 Å². The van der Waals surface area contributed by atoms with Crippen LogP contribution >= 0.6 is 39.3 Å². The van der Waals surface area contributed by atoms with E-state index in [1.807, 2.05) is 0 Å². The van der Waals surface area contributed by atoms with E-state index in [1.54, 1.807) is 12.3 Å². The van der Waals surface area contributed by atoms with Gasteiger partial charge in [0, 0.05) is 16.9 Å². The molecule has 0 fully saturated rings. The second kappa shape index (κ2) is 5.69. The summed E-state index contributed by atoms with van der Waals surface area (Å²) in [6.45, 7) is 0. The van der Waals surface area contributed by atoms with Gasteiger partial charge in [0.25, 0.3) is 0 Å². The highest BCUT2D eigenvalue weighted by Gasteiger charge is 2.09. The molecule has 0 aromatic carbocycles. The van der Waals surface area contributed by atoms with Gasteiger partial charge in [-0.05, 0) is 45.9 Å². The molecule has 0 aliphatic rings. The van der Waals surface area contributed by atoms with Gasteiger partial charge in [0.05, 0.1) is 10.6 Å². The van der Waals surface area contributed by atoms with Crippen LogP contribution in [-0.4, -0.2) is 21.0 Å². The zero-order chi connectivity index (χ0) is 13.1. The minimum atomic E-state index is -0.992. The molecule has 0 aliphatic carbocycles. The highest BCUT2D eigenvalue weighted by Crippen LogP contribution is 2.31. The van der Waals surface area contributed by atoms with Crippen molar-refractivity contribution in [2.45, 2.75) is 10.1 Å². The average molecular weight is 346 g/mol. The SMILES string of the molecule is O=C(O)c1ccnc(Sc2ncc(Br)cc2Cl)c1. The van der Waals surface area contributed by atoms with E-state index in [0.29, 0.717) is 15.1 Å². The lowest BCUT2D eigenvalue weighted by atomic mass is 10.3. The molecular formula is C11H6BrClN2O2S. The van der Waals surface area contributed by atoms with E-state index in [4.69, 9.17) is 16.7 Å².